The summed E-state index contributed by atoms with van der Waals surface area (Å²) in [6.07, 6.45) is 2.18. The van der Waals surface area contributed by atoms with Gasteiger partial charge in [-0.1, -0.05) is 0 Å². The van der Waals surface area contributed by atoms with Crippen LogP contribution in [0.4, 0.5) is 0 Å². The maximum absolute atomic E-state index is 10.6. The lowest BCUT2D eigenvalue weighted by atomic mass is 10.2. The van der Waals surface area contributed by atoms with Crippen LogP contribution in [0.3, 0.4) is 0 Å². The number of aromatic nitrogens is 2. The number of aromatic amines is 1. The molecule has 1 heterocycles. The molecule has 5 heteroatoms. The van der Waals surface area contributed by atoms with Gasteiger partial charge in [-0.15, -0.1) is 0 Å². The van der Waals surface area contributed by atoms with Gasteiger partial charge in [0.25, 0.3) is 0 Å². The van der Waals surface area contributed by atoms with Crippen molar-refractivity contribution in [2.45, 2.75) is 0 Å². The van der Waals surface area contributed by atoms with Gasteiger partial charge < -0.3 is 14.5 Å². The third kappa shape index (κ3) is 2.13. The fourth-order valence-electron chi connectivity index (χ4n) is 1.53. The number of hydrogen-bond acceptors (Lipinski definition) is 4. The lowest BCUT2D eigenvalue weighted by Crippen LogP contribution is -1.91. The number of methoxy groups -OCH3 is 2. The lowest BCUT2D eigenvalue weighted by molar-refractivity contribution is 0.111. The zero-order valence-corrected chi connectivity index (χ0v) is 9.56. The number of carbonyl (C=O) groups excluding carboxylic acids is 1. The Bertz CT molecular complexity index is 534. The first-order valence-electron chi connectivity index (χ1n) is 5.01. The molecule has 17 heavy (non-hydrogen) atoms. The Hall–Kier alpha value is -2.30. The summed E-state index contributed by atoms with van der Waals surface area (Å²) < 4.78 is 10.4. The second kappa shape index (κ2) is 4.69. The van der Waals surface area contributed by atoms with Gasteiger partial charge in [-0.25, -0.2) is 4.98 Å². The lowest BCUT2D eigenvalue weighted by Gasteiger charge is -2.08. The summed E-state index contributed by atoms with van der Waals surface area (Å²) in [6, 6.07) is 5.38. The smallest absolute Gasteiger partial charge is 0.167 e. The van der Waals surface area contributed by atoms with Crippen LogP contribution in [-0.4, -0.2) is 30.5 Å². The van der Waals surface area contributed by atoms with Crippen LogP contribution in [0.5, 0.6) is 11.5 Å². The zero-order valence-electron chi connectivity index (χ0n) is 9.56. The van der Waals surface area contributed by atoms with E-state index >= 15 is 0 Å². The van der Waals surface area contributed by atoms with E-state index in [0.717, 1.165) is 5.56 Å². The van der Waals surface area contributed by atoms with E-state index in [1.165, 1.54) is 6.20 Å². The summed E-state index contributed by atoms with van der Waals surface area (Å²) in [6.45, 7) is 0. The molecule has 0 amide bonds. The average molecular weight is 232 g/mol. The normalized spacial score (nSPS) is 10.0. The minimum atomic E-state index is 0.421. The van der Waals surface area contributed by atoms with Crippen molar-refractivity contribution < 1.29 is 14.3 Å². The van der Waals surface area contributed by atoms with E-state index in [9.17, 15) is 4.79 Å². The summed E-state index contributed by atoms with van der Waals surface area (Å²) in [5.41, 5.74) is 1.17. The molecule has 1 aromatic heterocycles. The number of aldehydes is 1. The van der Waals surface area contributed by atoms with Crippen LogP contribution >= 0.6 is 0 Å². The van der Waals surface area contributed by atoms with Gasteiger partial charge in [-0.3, -0.25) is 4.79 Å². The van der Waals surface area contributed by atoms with Crippen molar-refractivity contribution in [3.05, 3.63) is 30.1 Å². The highest BCUT2D eigenvalue weighted by molar-refractivity contribution is 5.74. The molecular weight excluding hydrogens is 220 g/mol. The molecule has 1 N–H and O–H groups in total. The minimum Gasteiger partial charge on any atom is -0.497 e. The highest BCUT2D eigenvalue weighted by Gasteiger charge is 2.10. The van der Waals surface area contributed by atoms with Crippen LogP contribution in [0.1, 0.15) is 10.5 Å². The molecule has 88 valence electrons. The van der Waals surface area contributed by atoms with Crippen molar-refractivity contribution in [3.8, 4) is 22.9 Å². The number of carbonyl (C=O) groups is 1. The fourth-order valence-corrected chi connectivity index (χ4v) is 1.53. The van der Waals surface area contributed by atoms with Gasteiger partial charge in [0.1, 0.15) is 17.3 Å². The topological polar surface area (TPSA) is 64.2 Å². The summed E-state index contributed by atoms with van der Waals surface area (Å²) in [4.78, 5) is 17.6. The van der Waals surface area contributed by atoms with Crippen LogP contribution in [0.25, 0.3) is 11.4 Å². The van der Waals surface area contributed by atoms with Crippen molar-refractivity contribution in [2.75, 3.05) is 14.2 Å². The maximum atomic E-state index is 10.6. The van der Waals surface area contributed by atoms with E-state index < -0.39 is 0 Å². The Morgan fingerprint density at radius 1 is 1.29 bits per heavy atom. The Labute approximate surface area is 98.4 Å². The molecule has 0 saturated heterocycles. The van der Waals surface area contributed by atoms with E-state index in [1.54, 1.807) is 32.4 Å². The average Bonchev–Trinajstić information content (AvgIpc) is 2.86. The first kappa shape index (κ1) is 11.2. The molecule has 0 bridgehead atoms. The van der Waals surface area contributed by atoms with Crippen molar-refractivity contribution >= 4 is 6.29 Å². The molecule has 1 aromatic carbocycles. The van der Waals surface area contributed by atoms with E-state index in [2.05, 4.69) is 9.97 Å². The van der Waals surface area contributed by atoms with Crippen LogP contribution < -0.4 is 9.47 Å². The second-order valence-electron chi connectivity index (χ2n) is 3.37. The van der Waals surface area contributed by atoms with Gasteiger partial charge in [-0.2, -0.15) is 0 Å². The summed E-state index contributed by atoms with van der Waals surface area (Å²) >= 11 is 0. The van der Waals surface area contributed by atoms with Crippen molar-refractivity contribution in [3.63, 3.8) is 0 Å². The Morgan fingerprint density at radius 3 is 2.71 bits per heavy atom. The van der Waals surface area contributed by atoms with E-state index in [-0.39, 0.29) is 0 Å². The molecule has 0 aliphatic heterocycles. The predicted molar refractivity (Wildman–Crippen MR) is 62.5 cm³/mol. The number of imidazole rings is 1. The molecule has 0 aliphatic rings. The first-order chi connectivity index (χ1) is 8.28. The fraction of sp³-hybridized carbons (Fsp3) is 0.167. The van der Waals surface area contributed by atoms with Gasteiger partial charge >= 0.3 is 0 Å². The molecular formula is C12H12N2O3. The zero-order chi connectivity index (χ0) is 12.3. The van der Waals surface area contributed by atoms with Gasteiger partial charge in [0.15, 0.2) is 6.29 Å². The predicted octanol–water partition coefficient (Wildman–Crippen LogP) is 1.91. The van der Waals surface area contributed by atoms with E-state index in [4.69, 9.17) is 9.47 Å². The van der Waals surface area contributed by atoms with Crippen LogP contribution in [0, 0.1) is 0 Å². The molecule has 0 atom stereocenters. The Balaban J connectivity index is 2.51. The molecule has 2 rings (SSSR count). The van der Waals surface area contributed by atoms with Crippen LogP contribution in [0.15, 0.2) is 24.4 Å². The van der Waals surface area contributed by atoms with Gasteiger partial charge in [0, 0.05) is 0 Å². The molecule has 5 nitrogen and oxygen atoms in total. The molecule has 2 aromatic rings. The largest absolute Gasteiger partial charge is 0.497 e. The summed E-state index contributed by atoms with van der Waals surface area (Å²) in [5, 5.41) is 0. The number of nitrogens with one attached hydrogen (secondary N) is 1. The maximum Gasteiger partial charge on any atom is 0.167 e. The summed E-state index contributed by atoms with van der Waals surface area (Å²) in [5.74, 6) is 1.94. The molecule has 0 saturated carbocycles. The molecule has 0 radical (unpaired) electrons. The quantitative estimate of drug-likeness (QED) is 0.818. The Kier molecular flexibility index (Phi) is 3.09. The van der Waals surface area contributed by atoms with Gasteiger partial charge in [0.05, 0.1) is 31.7 Å². The Morgan fingerprint density at radius 2 is 2.12 bits per heavy atom. The monoisotopic (exact) mass is 232 g/mol. The molecule has 0 aliphatic carbocycles. The highest BCUT2D eigenvalue weighted by atomic mass is 16.5. The highest BCUT2D eigenvalue weighted by Crippen LogP contribution is 2.31. The van der Waals surface area contributed by atoms with E-state index in [1.807, 2.05) is 0 Å². The molecule has 0 spiro atoms. The number of hydrogen-bond donors (Lipinski definition) is 1. The van der Waals surface area contributed by atoms with Crippen molar-refractivity contribution in [2.24, 2.45) is 0 Å². The molecule has 0 fully saturated rings. The van der Waals surface area contributed by atoms with Crippen molar-refractivity contribution in [1.29, 1.82) is 0 Å². The number of H-pyrrole nitrogens is 1. The number of rotatable bonds is 4. The van der Waals surface area contributed by atoms with Crippen LogP contribution in [0.2, 0.25) is 0 Å². The van der Waals surface area contributed by atoms with Gasteiger partial charge in [-0.05, 0) is 18.2 Å². The second-order valence-corrected chi connectivity index (χ2v) is 3.37. The third-order valence-corrected chi connectivity index (χ3v) is 2.38. The third-order valence-electron chi connectivity index (χ3n) is 2.38. The van der Waals surface area contributed by atoms with Crippen LogP contribution in [-0.2, 0) is 0 Å². The summed E-state index contributed by atoms with van der Waals surface area (Å²) in [7, 11) is 3.17. The standard InChI is InChI=1S/C12H12N2O3/c1-16-9-3-4-11(17-2)10(5-9)12-13-6-8(7-15)14-12/h3-7H,1-2H3,(H,13,14). The minimum absolute atomic E-state index is 0.421. The van der Waals surface area contributed by atoms with E-state index in [0.29, 0.717) is 29.3 Å². The number of ether oxygens (including phenoxy) is 2. The first-order valence-corrected chi connectivity index (χ1v) is 5.01. The number of benzene rings is 1. The molecule has 0 unspecified atom stereocenters. The number of nitrogens with zero attached hydrogens (tertiary/aromatic N) is 1. The van der Waals surface area contributed by atoms with Crippen molar-refractivity contribution in [1.82, 2.24) is 9.97 Å². The van der Waals surface area contributed by atoms with Gasteiger partial charge in [0.2, 0.25) is 0 Å². The SMILES string of the molecule is COc1ccc(OC)c(-c2ncc(C=O)[nH]2)c1.